The summed E-state index contributed by atoms with van der Waals surface area (Å²) in [6.45, 7) is 11.1. The molecule has 2 fully saturated rings. The van der Waals surface area contributed by atoms with Crippen molar-refractivity contribution in [2.24, 2.45) is 5.92 Å². The van der Waals surface area contributed by atoms with Gasteiger partial charge in [-0.3, -0.25) is 9.80 Å². The quantitative estimate of drug-likeness (QED) is 0.867. The summed E-state index contributed by atoms with van der Waals surface area (Å²) in [5, 5.41) is 11.3. The summed E-state index contributed by atoms with van der Waals surface area (Å²) >= 11 is 0. The van der Waals surface area contributed by atoms with E-state index < -0.39 is 5.60 Å². The van der Waals surface area contributed by atoms with Gasteiger partial charge in [-0.15, -0.1) is 0 Å². The van der Waals surface area contributed by atoms with Crippen LogP contribution in [0.25, 0.3) is 0 Å². The third kappa shape index (κ3) is 4.17. The minimum Gasteiger partial charge on any atom is -0.384 e. The van der Waals surface area contributed by atoms with Gasteiger partial charge in [0, 0.05) is 45.9 Å². The Labute approximate surface area is 146 Å². The Morgan fingerprint density at radius 3 is 2.38 bits per heavy atom. The first-order chi connectivity index (χ1) is 11.6. The van der Waals surface area contributed by atoms with Crippen molar-refractivity contribution in [3.63, 3.8) is 0 Å². The lowest BCUT2D eigenvalue weighted by molar-refractivity contribution is -0.0513. The second kappa shape index (κ2) is 7.96. The van der Waals surface area contributed by atoms with Gasteiger partial charge in [0.1, 0.15) is 5.60 Å². The van der Waals surface area contributed by atoms with Crippen LogP contribution in [0.5, 0.6) is 0 Å². The first kappa shape index (κ1) is 17.9. The minimum atomic E-state index is -0.780. The van der Waals surface area contributed by atoms with E-state index in [4.69, 9.17) is 4.74 Å². The number of piperazine rings is 1. The van der Waals surface area contributed by atoms with Gasteiger partial charge in [0.25, 0.3) is 0 Å². The van der Waals surface area contributed by atoms with Crippen molar-refractivity contribution in [2.75, 3.05) is 45.9 Å². The largest absolute Gasteiger partial charge is 0.384 e. The fraction of sp³-hybridized carbons (Fsp3) is 0.700. The van der Waals surface area contributed by atoms with Gasteiger partial charge in [0.2, 0.25) is 0 Å². The average molecular weight is 332 g/mol. The molecule has 2 atom stereocenters. The fourth-order valence-corrected chi connectivity index (χ4v) is 3.88. The molecule has 2 aliphatic rings. The highest BCUT2D eigenvalue weighted by atomic mass is 16.5. The minimum absolute atomic E-state index is 0.185. The van der Waals surface area contributed by atoms with Crippen LogP contribution in [0.15, 0.2) is 30.3 Å². The smallest absolute Gasteiger partial charge is 0.104 e. The van der Waals surface area contributed by atoms with Crippen LogP contribution in [-0.4, -0.2) is 66.9 Å². The molecule has 2 aliphatic heterocycles. The highest BCUT2D eigenvalue weighted by Gasteiger charge is 2.36. The van der Waals surface area contributed by atoms with Crippen LogP contribution in [0, 0.1) is 5.92 Å². The Balaban J connectivity index is 1.55. The summed E-state index contributed by atoms with van der Waals surface area (Å²) in [7, 11) is 0. The summed E-state index contributed by atoms with van der Waals surface area (Å²) < 4.78 is 5.76. The van der Waals surface area contributed by atoms with E-state index in [9.17, 15) is 5.11 Å². The van der Waals surface area contributed by atoms with Gasteiger partial charge in [-0.2, -0.15) is 0 Å². The van der Waals surface area contributed by atoms with E-state index in [1.165, 1.54) is 12.8 Å². The van der Waals surface area contributed by atoms with E-state index in [2.05, 4.69) is 23.6 Å². The molecule has 0 spiro atoms. The van der Waals surface area contributed by atoms with Gasteiger partial charge in [0.15, 0.2) is 0 Å². The number of ether oxygens (including phenoxy) is 1. The predicted molar refractivity (Wildman–Crippen MR) is 97.0 cm³/mol. The molecule has 0 aliphatic carbocycles. The molecule has 1 aromatic carbocycles. The number of hydrogen-bond acceptors (Lipinski definition) is 4. The molecule has 2 saturated heterocycles. The summed E-state index contributed by atoms with van der Waals surface area (Å²) in [6, 6.07) is 10.1. The van der Waals surface area contributed by atoms with Crippen LogP contribution < -0.4 is 0 Å². The predicted octanol–water partition coefficient (Wildman–Crippen LogP) is 2.33. The van der Waals surface area contributed by atoms with Crippen LogP contribution in [0.2, 0.25) is 0 Å². The molecule has 4 nitrogen and oxygen atoms in total. The third-order valence-corrected chi connectivity index (χ3v) is 5.64. The maximum absolute atomic E-state index is 11.3. The van der Waals surface area contributed by atoms with Crippen molar-refractivity contribution in [3.8, 4) is 0 Å². The highest BCUT2D eigenvalue weighted by Crippen LogP contribution is 2.31. The standard InChI is InChI=1S/C20H32N2O2/c1-17(2)20(23,18-7-4-3-5-8-18)16-22-12-10-21(11-13-22)15-19-9-6-14-24-19/h3-5,7-8,17,19,23H,6,9-16H2,1-2H3/t19-,20-/m1/s1. The van der Waals surface area contributed by atoms with Crippen molar-refractivity contribution in [3.05, 3.63) is 35.9 Å². The maximum Gasteiger partial charge on any atom is 0.104 e. The first-order valence-electron chi connectivity index (χ1n) is 9.42. The zero-order valence-electron chi connectivity index (χ0n) is 15.2. The fourth-order valence-electron chi connectivity index (χ4n) is 3.88. The van der Waals surface area contributed by atoms with Crippen molar-refractivity contribution in [1.82, 2.24) is 9.80 Å². The Morgan fingerprint density at radius 1 is 1.12 bits per heavy atom. The van der Waals surface area contributed by atoms with E-state index in [1.807, 2.05) is 30.3 Å². The Bertz CT molecular complexity index is 494. The van der Waals surface area contributed by atoms with E-state index in [1.54, 1.807) is 0 Å². The van der Waals surface area contributed by atoms with E-state index in [0.717, 1.165) is 44.9 Å². The SMILES string of the molecule is CC(C)[C@](O)(CN1CCN(C[C@H]2CCCO2)CC1)c1ccccc1. The molecule has 0 bridgehead atoms. The van der Waals surface area contributed by atoms with Crippen LogP contribution in [0.3, 0.4) is 0 Å². The Kier molecular flexibility index (Phi) is 5.93. The van der Waals surface area contributed by atoms with Crippen LogP contribution in [0.1, 0.15) is 32.3 Å². The molecule has 134 valence electrons. The van der Waals surface area contributed by atoms with Gasteiger partial charge in [-0.1, -0.05) is 44.2 Å². The van der Waals surface area contributed by atoms with E-state index >= 15 is 0 Å². The number of rotatable bonds is 6. The summed E-state index contributed by atoms with van der Waals surface area (Å²) in [5.41, 5.74) is 0.250. The van der Waals surface area contributed by atoms with Gasteiger partial charge in [0.05, 0.1) is 6.10 Å². The van der Waals surface area contributed by atoms with Crippen molar-refractivity contribution >= 4 is 0 Å². The second-order valence-corrected chi connectivity index (χ2v) is 7.66. The van der Waals surface area contributed by atoms with E-state index in [-0.39, 0.29) is 5.92 Å². The van der Waals surface area contributed by atoms with Gasteiger partial charge >= 0.3 is 0 Å². The van der Waals surface area contributed by atoms with Gasteiger partial charge in [-0.05, 0) is 24.3 Å². The molecule has 24 heavy (non-hydrogen) atoms. The zero-order valence-corrected chi connectivity index (χ0v) is 15.2. The lowest BCUT2D eigenvalue weighted by atomic mass is 9.82. The molecule has 1 aromatic rings. The van der Waals surface area contributed by atoms with Crippen LogP contribution >= 0.6 is 0 Å². The third-order valence-electron chi connectivity index (χ3n) is 5.64. The second-order valence-electron chi connectivity index (χ2n) is 7.66. The number of nitrogens with zero attached hydrogens (tertiary/aromatic N) is 2. The maximum atomic E-state index is 11.3. The molecule has 0 amide bonds. The molecule has 0 radical (unpaired) electrons. The topological polar surface area (TPSA) is 35.9 Å². The monoisotopic (exact) mass is 332 g/mol. The normalized spacial score (nSPS) is 25.9. The van der Waals surface area contributed by atoms with Crippen molar-refractivity contribution in [2.45, 2.75) is 38.4 Å². The molecule has 2 heterocycles. The molecule has 0 unspecified atom stereocenters. The number of benzene rings is 1. The molecule has 3 rings (SSSR count). The summed E-state index contributed by atoms with van der Waals surface area (Å²) in [4.78, 5) is 4.93. The molecular formula is C20H32N2O2. The molecular weight excluding hydrogens is 300 g/mol. The number of hydrogen-bond donors (Lipinski definition) is 1. The Hall–Kier alpha value is -0.940. The van der Waals surface area contributed by atoms with Crippen molar-refractivity contribution < 1.29 is 9.84 Å². The molecule has 0 aromatic heterocycles. The van der Waals surface area contributed by atoms with Crippen LogP contribution in [-0.2, 0) is 10.3 Å². The molecule has 1 N–H and O–H groups in total. The zero-order chi connectivity index (χ0) is 17.0. The Morgan fingerprint density at radius 2 is 1.79 bits per heavy atom. The molecule has 0 saturated carbocycles. The highest BCUT2D eigenvalue weighted by molar-refractivity contribution is 5.23. The first-order valence-corrected chi connectivity index (χ1v) is 9.42. The molecule has 4 heteroatoms. The lowest BCUT2D eigenvalue weighted by Gasteiger charge is -2.42. The lowest BCUT2D eigenvalue weighted by Crippen LogP contribution is -2.53. The summed E-state index contributed by atoms with van der Waals surface area (Å²) in [5.74, 6) is 0.185. The number of β-amino-alcohol motifs (C(OH)–C–C–N with tert-alkyl or cyclic N) is 1. The van der Waals surface area contributed by atoms with Crippen LogP contribution in [0.4, 0.5) is 0 Å². The summed E-state index contributed by atoms with van der Waals surface area (Å²) in [6.07, 6.45) is 2.86. The number of aliphatic hydroxyl groups is 1. The van der Waals surface area contributed by atoms with Gasteiger partial charge < -0.3 is 9.84 Å². The van der Waals surface area contributed by atoms with E-state index in [0.29, 0.717) is 12.6 Å². The average Bonchev–Trinajstić information content (AvgIpc) is 3.10. The van der Waals surface area contributed by atoms with Gasteiger partial charge in [-0.25, -0.2) is 0 Å². The van der Waals surface area contributed by atoms with Crippen molar-refractivity contribution in [1.29, 1.82) is 0 Å².